The van der Waals surface area contributed by atoms with Crippen LogP contribution in [0, 0.1) is 5.41 Å². The van der Waals surface area contributed by atoms with E-state index in [0.717, 1.165) is 16.8 Å². The van der Waals surface area contributed by atoms with Gasteiger partial charge in [0.05, 0.1) is 11.4 Å². The number of hydrogen-bond donors (Lipinski definition) is 3. The number of carbonyl (C=O) groups is 1. The van der Waals surface area contributed by atoms with Crippen molar-refractivity contribution >= 4 is 11.8 Å². The number of nitrogens with one attached hydrogen (secondary N) is 1. The molecule has 138 valence electrons. The van der Waals surface area contributed by atoms with Crippen molar-refractivity contribution in [3.8, 4) is 16.9 Å². The lowest BCUT2D eigenvalue weighted by atomic mass is 10.1. The Kier molecular flexibility index (Phi) is 4.94. The van der Waals surface area contributed by atoms with Crippen LogP contribution in [0.3, 0.4) is 0 Å². The second kappa shape index (κ2) is 7.33. The third-order valence-corrected chi connectivity index (χ3v) is 4.44. The number of carboxylic acid groups (broad SMARTS) is 1. The van der Waals surface area contributed by atoms with Gasteiger partial charge >= 0.3 is 11.7 Å². The van der Waals surface area contributed by atoms with Gasteiger partial charge in [-0.05, 0) is 29.7 Å². The van der Waals surface area contributed by atoms with Gasteiger partial charge < -0.3 is 10.8 Å². The number of rotatable bonds is 6. The van der Waals surface area contributed by atoms with Crippen LogP contribution in [0.25, 0.3) is 16.9 Å². The summed E-state index contributed by atoms with van der Waals surface area (Å²) in [5.74, 6) is -0.838. The Hall–Kier alpha value is -3.61. The molecule has 4 N–H and O–H groups in total. The molecule has 1 aromatic heterocycles. The van der Waals surface area contributed by atoms with Gasteiger partial charge in [0, 0.05) is 25.2 Å². The van der Waals surface area contributed by atoms with E-state index >= 15 is 0 Å². The normalized spacial score (nSPS) is 10.7. The van der Waals surface area contributed by atoms with Crippen LogP contribution in [0.15, 0.2) is 59.5 Å². The number of nitrogens with two attached hydrogens (primary N) is 1. The quantitative estimate of drug-likeness (QED) is 0.459. The van der Waals surface area contributed by atoms with Crippen molar-refractivity contribution in [3.05, 3.63) is 76.3 Å². The maximum absolute atomic E-state index is 12.6. The molecule has 0 spiro atoms. The van der Waals surface area contributed by atoms with Crippen molar-refractivity contribution in [1.29, 1.82) is 5.41 Å². The van der Waals surface area contributed by atoms with Crippen LogP contribution in [0.5, 0.6) is 0 Å². The Labute approximate surface area is 155 Å². The molecule has 3 aromatic rings. The van der Waals surface area contributed by atoms with Crippen LogP contribution in [0.2, 0.25) is 0 Å². The predicted molar refractivity (Wildman–Crippen MR) is 103 cm³/mol. The van der Waals surface area contributed by atoms with Gasteiger partial charge in [-0.1, -0.05) is 36.4 Å². The molecule has 0 unspecified atom stereocenters. The minimum Gasteiger partial charge on any atom is -0.481 e. The molecule has 7 nitrogen and oxygen atoms in total. The monoisotopic (exact) mass is 364 g/mol. The van der Waals surface area contributed by atoms with E-state index in [9.17, 15) is 9.59 Å². The summed E-state index contributed by atoms with van der Waals surface area (Å²) < 4.78 is 3.11. The number of carboxylic acids is 1. The fourth-order valence-electron chi connectivity index (χ4n) is 2.88. The van der Waals surface area contributed by atoms with Gasteiger partial charge in [0.2, 0.25) is 0 Å². The molecule has 0 amide bonds. The van der Waals surface area contributed by atoms with Crippen LogP contribution in [-0.4, -0.2) is 26.0 Å². The molecule has 27 heavy (non-hydrogen) atoms. The molecule has 7 heteroatoms. The highest BCUT2D eigenvalue weighted by Crippen LogP contribution is 2.20. The first-order valence-electron chi connectivity index (χ1n) is 8.41. The second-order valence-corrected chi connectivity index (χ2v) is 6.28. The number of nitrogens with zero attached hydrogens (tertiary/aromatic N) is 2. The second-order valence-electron chi connectivity index (χ2n) is 6.28. The average molecular weight is 364 g/mol. The van der Waals surface area contributed by atoms with E-state index in [0.29, 0.717) is 17.7 Å². The van der Waals surface area contributed by atoms with E-state index in [-0.39, 0.29) is 17.9 Å². The zero-order valence-corrected chi connectivity index (χ0v) is 14.8. The van der Waals surface area contributed by atoms with Gasteiger partial charge in [0.15, 0.2) is 0 Å². The van der Waals surface area contributed by atoms with Gasteiger partial charge in [-0.2, -0.15) is 0 Å². The predicted octanol–water partition coefficient (Wildman–Crippen LogP) is 2.14. The topological polar surface area (TPSA) is 114 Å². The van der Waals surface area contributed by atoms with Gasteiger partial charge in [-0.15, -0.1) is 0 Å². The molecule has 0 bridgehead atoms. The Bertz CT molecular complexity index is 1040. The minimum absolute atomic E-state index is 0.00371. The fourth-order valence-corrected chi connectivity index (χ4v) is 2.88. The Morgan fingerprint density at radius 3 is 2.30 bits per heavy atom. The molecule has 0 fully saturated rings. The van der Waals surface area contributed by atoms with E-state index in [1.54, 1.807) is 46.6 Å². The number of imidazole rings is 1. The van der Waals surface area contributed by atoms with E-state index in [4.69, 9.17) is 16.2 Å². The minimum atomic E-state index is -0.834. The number of hydrogen-bond acceptors (Lipinski definition) is 3. The molecule has 2 aromatic carbocycles. The molecule has 0 aliphatic carbocycles. The maximum atomic E-state index is 12.6. The lowest BCUT2D eigenvalue weighted by Crippen LogP contribution is -2.21. The summed E-state index contributed by atoms with van der Waals surface area (Å²) in [6.45, 7) is 0. The summed E-state index contributed by atoms with van der Waals surface area (Å²) in [5.41, 5.74) is 9.12. The standard InChI is InChI=1S/C20H20N4O3/c1-23-17(14-5-7-15(8-6-14)19(21)22)12-24(20(23)27)16-9-2-13(3-10-16)4-11-18(25)26/h2-3,5-10,12H,4,11H2,1H3,(H3,21,22)(H,25,26). The van der Waals surface area contributed by atoms with E-state index in [2.05, 4.69) is 0 Å². The molecule has 0 saturated carbocycles. The molecular formula is C20H20N4O3. The first kappa shape index (κ1) is 18.2. The summed E-state index contributed by atoms with van der Waals surface area (Å²) in [6.07, 6.45) is 2.29. The van der Waals surface area contributed by atoms with Crippen molar-refractivity contribution in [3.63, 3.8) is 0 Å². The van der Waals surface area contributed by atoms with Gasteiger partial charge in [0.25, 0.3) is 0 Å². The first-order chi connectivity index (χ1) is 12.9. The number of aryl methyl sites for hydroxylation is 1. The van der Waals surface area contributed by atoms with Crippen LogP contribution < -0.4 is 11.4 Å². The van der Waals surface area contributed by atoms with Crippen LogP contribution in [0.1, 0.15) is 17.5 Å². The van der Waals surface area contributed by atoms with Crippen molar-refractivity contribution in [2.45, 2.75) is 12.8 Å². The number of nitrogen functional groups attached to an aromatic ring is 1. The number of benzene rings is 2. The Morgan fingerprint density at radius 1 is 1.11 bits per heavy atom. The summed E-state index contributed by atoms with van der Waals surface area (Å²) in [4.78, 5) is 23.3. The van der Waals surface area contributed by atoms with E-state index < -0.39 is 5.97 Å². The Morgan fingerprint density at radius 2 is 1.74 bits per heavy atom. The molecule has 0 aliphatic heterocycles. The van der Waals surface area contributed by atoms with E-state index in [1.165, 1.54) is 0 Å². The molecule has 0 saturated heterocycles. The van der Waals surface area contributed by atoms with Crippen molar-refractivity contribution < 1.29 is 9.90 Å². The molecule has 0 aliphatic rings. The highest BCUT2D eigenvalue weighted by Gasteiger charge is 2.12. The summed E-state index contributed by atoms with van der Waals surface area (Å²) >= 11 is 0. The number of aliphatic carboxylic acids is 1. The zero-order valence-electron chi connectivity index (χ0n) is 14.8. The van der Waals surface area contributed by atoms with Crippen LogP contribution in [-0.2, 0) is 18.3 Å². The number of amidine groups is 1. The Balaban J connectivity index is 1.92. The van der Waals surface area contributed by atoms with Crippen molar-refractivity contribution in [2.24, 2.45) is 12.8 Å². The molecule has 0 atom stereocenters. The lowest BCUT2D eigenvalue weighted by Gasteiger charge is -2.03. The largest absolute Gasteiger partial charge is 0.481 e. The molecule has 1 heterocycles. The van der Waals surface area contributed by atoms with Crippen LogP contribution >= 0.6 is 0 Å². The smallest absolute Gasteiger partial charge is 0.332 e. The molecule has 0 radical (unpaired) electrons. The third kappa shape index (κ3) is 3.82. The molecule has 3 rings (SSSR count). The third-order valence-electron chi connectivity index (χ3n) is 4.44. The zero-order chi connectivity index (χ0) is 19.6. The number of aromatic nitrogens is 2. The van der Waals surface area contributed by atoms with Crippen molar-refractivity contribution in [1.82, 2.24) is 9.13 Å². The highest BCUT2D eigenvalue weighted by molar-refractivity contribution is 5.95. The summed E-state index contributed by atoms with van der Waals surface area (Å²) in [5, 5.41) is 16.2. The van der Waals surface area contributed by atoms with Gasteiger partial charge in [-0.25, -0.2) is 4.79 Å². The maximum Gasteiger partial charge on any atom is 0.332 e. The SMILES string of the molecule is Cn1c(-c2ccc(C(=N)N)cc2)cn(-c2ccc(CCC(=O)O)cc2)c1=O. The van der Waals surface area contributed by atoms with E-state index in [1.807, 2.05) is 24.3 Å². The van der Waals surface area contributed by atoms with Crippen molar-refractivity contribution in [2.75, 3.05) is 0 Å². The summed E-state index contributed by atoms with van der Waals surface area (Å²) in [7, 11) is 1.70. The van der Waals surface area contributed by atoms with Gasteiger partial charge in [0.1, 0.15) is 5.84 Å². The average Bonchev–Trinajstić information content (AvgIpc) is 2.96. The van der Waals surface area contributed by atoms with Crippen LogP contribution in [0.4, 0.5) is 0 Å². The molecular weight excluding hydrogens is 344 g/mol. The summed E-state index contributed by atoms with van der Waals surface area (Å²) in [6, 6.07) is 14.4. The fraction of sp³-hybridized carbons (Fsp3) is 0.150. The first-order valence-corrected chi connectivity index (χ1v) is 8.41. The highest BCUT2D eigenvalue weighted by atomic mass is 16.4. The van der Waals surface area contributed by atoms with Gasteiger partial charge in [-0.3, -0.25) is 19.3 Å². The lowest BCUT2D eigenvalue weighted by molar-refractivity contribution is -0.136.